The van der Waals surface area contributed by atoms with Gasteiger partial charge in [-0.05, 0) is 31.4 Å². The van der Waals surface area contributed by atoms with Gasteiger partial charge in [-0.1, -0.05) is 29.6 Å². The number of hydrogen-bond donors (Lipinski definition) is 0. The largest absolute Gasteiger partial charge is 0.484 e. The van der Waals surface area contributed by atoms with Gasteiger partial charge in [-0.25, -0.2) is 4.99 Å². The maximum absolute atomic E-state index is 6.41. The zero-order valence-electron chi connectivity index (χ0n) is 10.9. The number of halogens is 2. The fourth-order valence-electron chi connectivity index (χ4n) is 2.81. The molecule has 0 aromatic heterocycles. The summed E-state index contributed by atoms with van der Waals surface area (Å²) in [6.07, 6.45) is 3.54. The number of nitrogens with zero attached hydrogens (tertiary/aromatic N) is 1. The van der Waals surface area contributed by atoms with Crippen LogP contribution >= 0.6 is 35.0 Å². The Kier molecular flexibility index (Phi) is 3.71. The highest BCUT2D eigenvalue weighted by molar-refractivity contribution is 8.00. The molecule has 1 aromatic carbocycles. The second-order valence-electron chi connectivity index (χ2n) is 5.02. The Morgan fingerprint density at radius 2 is 2.11 bits per heavy atom. The van der Waals surface area contributed by atoms with Crippen LogP contribution in [0.1, 0.15) is 24.8 Å². The van der Waals surface area contributed by atoms with Gasteiger partial charge in [0.1, 0.15) is 0 Å². The van der Waals surface area contributed by atoms with Gasteiger partial charge >= 0.3 is 0 Å². The van der Waals surface area contributed by atoms with Crippen molar-refractivity contribution in [1.29, 1.82) is 0 Å². The number of fused-ring (bicyclic) bond motifs is 2. The van der Waals surface area contributed by atoms with Crippen LogP contribution in [0.15, 0.2) is 16.0 Å². The molecule has 0 amide bonds. The van der Waals surface area contributed by atoms with Crippen molar-refractivity contribution in [1.82, 2.24) is 0 Å². The predicted octanol–water partition coefficient (Wildman–Crippen LogP) is 5.25. The highest BCUT2D eigenvalue weighted by atomic mass is 35.5. The molecule has 5 heteroatoms. The van der Waals surface area contributed by atoms with Gasteiger partial charge in [0.2, 0.25) is 0 Å². The smallest absolute Gasteiger partial charge is 0.192 e. The Hall–Kier alpha value is -0.380. The van der Waals surface area contributed by atoms with Crippen LogP contribution in [0, 0.1) is 12.8 Å². The molecule has 1 aliphatic carbocycles. The zero-order valence-corrected chi connectivity index (χ0v) is 13.2. The fraction of sp³-hybridized carbons (Fsp3) is 0.500. The van der Waals surface area contributed by atoms with E-state index in [-0.39, 0.29) is 0 Å². The minimum absolute atomic E-state index is 0.401. The normalized spacial score (nSPS) is 25.4. The van der Waals surface area contributed by atoms with Crippen LogP contribution in [0.25, 0.3) is 0 Å². The van der Waals surface area contributed by atoms with Crippen LogP contribution in [0.5, 0.6) is 0 Å². The summed E-state index contributed by atoms with van der Waals surface area (Å²) >= 11 is 14.5. The van der Waals surface area contributed by atoms with Crippen LogP contribution in [0.4, 0.5) is 5.69 Å². The molecule has 2 nitrogen and oxygen atoms in total. The Morgan fingerprint density at radius 3 is 2.84 bits per heavy atom. The van der Waals surface area contributed by atoms with Crippen LogP contribution in [0.3, 0.4) is 0 Å². The molecule has 1 fully saturated rings. The van der Waals surface area contributed by atoms with E-state index in [4.69, 9.17) is 32.9 Å². The highest BCUT2D eigenvalue weighted by Gasteiger charge is 2.36. The summed E-state index contributed by atoms with van der Waals surface area (Å²) in [4.78, 5) is 5.69. The number of aliphatic imine (C=N–C) groups is 1. The van der Waals surface area contributed by atoms with Crippen molar-refractivity contribution in [3.05, 3.63) is 21.7 Å². The van der Waals surface area contributed by atoms with Crippen molar-refractivity contribution in [3.8, 4) is 0 Å². The quantitative estimate of drug-likeness (QED) is 0.652. The molecule has 19 heavy (non-hydrogen) atoms. The minimum Gasteiger partial charge on any atom is -0.484 e. The molecule has 0 bridgehead atoms. The van der Waals surface area contributed by atoms with Gasteiger partial charge in [0.15, 0.2) is 5.90 Å². The number of aryl methyl sites for hydroxylation is 1. The molecule has 102 valence electrons. The van der Waals surface area contributed by atoms with Crippen molar-refractivity contribution in [2.75, 3.05) is 7.11 Å². The number of benzene rings is 1. The lowest BCUT2D eigenvalue weighted by Crippen LogP contribution is -2.21. The van der Waals surface area contributed by atoms with E-state index in [9.17, 15) is 0 Å². The average molecular weight is 316 g/mol. The predicted molar refractivity (Wildman–Crippen MR) is 82.3 cm³/mol. The summed E-state index contributed by atoms with van der Waals surface area (Å²) in [7, 11) is 1.70. The first-order valence-electron chi connectivity index (χ1n) is 6.39. The van der Waals surface area contributed by atoms with Gasteiger partial charge in [-0.3, -0.25) is 0 Å². The maximum Gasteiger partial charge on any atom is 0.192 e. The Labute approximate surface area is 127 Å². The van der Waals surface area contributed by atoms with E-state index in [2.05, 4.69) is 0 Å². The number of thioether (sulfide) groups is 1. The molecule has 2 aliphatic rings. The standard InChI is InChI=1S/C14H15Cl2NOS/c1-7-6-9-13(12(16)11(7)15)19-10-5-3-4-8(10)14(17-9)18-2/h6,8,10H,3-5H2,1-2H3. The zero-order chi connectivity index (χ0) is 13.6. The molecule has 0 saturated heterocycles. The summed E-state index contributed by atoms with van der Waals surface area (Å²) < 4.78 is 5.51. The molecule has 0 N–H and O–H groups in total. The monoisotopic (exact) mass is 315 g/mol. The van der Waals surface area contributed by atoms with Crippen molar-refractivity contribution in [2.24, 2.45) is 10.9 Å². The third-order valence-electron chi connectivity index (χ3n) is 3.80. The van der Waals surface area contributed by atoms with Crippen LogP contribution < -0.4 is 0 Å². The summed E-state index contributed by atoms with van der Waals surface area (Å²) in [5.74, 6) is 1.24. The lowest BCUT2D eigenvalue weighted by Gasteiger charge is -2.17. The van der Waals surface area contributed by atoms with E-state index >= 15 is 0 Å². The maximum atomic E-state index is 6.41. The lowest BCUT2D eigenvalue weighted by atomic mass is 10.1. The third kappa shape index (κ3) is 2.26. The van der Waals surface area contributed by atoms with E-state index in [1.807, 2.05) is 13.0 Å². The topological polar surface area (TPSA) is 21.6 Å². The first-order chi connectivity index (χ1) is 9.11. The Morgan fingerprint density at radius 1 is 1.32 bits per heavy atom. The Balaban J connectivity index is 2.16. The number of methoxy groups -OCH3 is 1. The van der Waals surface area contributed by atoms with Gasteiger partial charge < -0.3 is 4.74 Å². The molecule has 0 radical (unpaired) electrons. The molecular formula is C14H15Cl2NOS. The van der Waals surface area contributed by atoms with E-state index in [1.54, 1.807) is 18.9 Å². The van der Waals surface area contributed by atoms with Crippen molar-refractivity contribution in [3.63, 3.8) is 0 Å². The molecule has 1 saturated carbocycles. The summed E-state index contributed by atoms with van der Waals surface area (Å²) in [5, 5.41) is 1.77. The highest BCUT2D eigenvalue weighted by Crippen LogP contribution is 2.50. The molecule has 3 rings (SSSR count). The third-order valence-corrected chi connectivity index (χ3v) is 6.39. The fourth-order valence-corrected chi connectivity index (χ4v) is 4.83. The van der Waals surface area contributed by atoms with Gasteiger partial charge in [-0.15, -0.1) is 11.8 Å². The second-order valence-corrected chi connectivity index (χ2v) is 7.02. The van der Waals surface area contributed by atoms with Gasteiger partial charge in [0.25, 0.3) is 0 Å². The Bertz CT molecular complexity index is 559. The average Bonchev–Trinajstić information content (AvgIpc) is 2.80. The van der Waals surface area contributed by atoms with E-state index < -0.39 is 0 Å². The van der Waals surface area contributed by atoms with Crippen LogP contribution in [-0.4, -0.2) is 18.3 Å². The summed E-state index contributed by atoms with van der Waals surface area (Å²) in [5.41, 5.74) is 1.85. The second kappa shape index (κ2) is 5.19. The van der Waals surface area contributed by atoms with Gasteiger partial charge in [0, 0.05) is 11.2 Å². The minimum atomic E-state index is 0.401. The van der Waals surface area contributed by atoms with E-state index in [0.717, 1.165) is 28.5 Å². The van der Waals surface area contributed by atoms with Gasteiger partial charge in [0.05, 0.1) is 27.7 Å². The lowest BCUT2D eigenvalue weighted by molar-refractivity contribution is 0.368. The molecule has 2 unspecified atom stereocenters. The van der Waals surface area contributed by atoms with Crippen molar-refractivity contribution >= 4 is 46.5 Å². The summed E-state index contributed by atoms with van der Waals surface area (Å²) in [6, 6.07) is 2.00. The summed E-state index contributed by atoms with van der Waals surface area (Å²) in [6.45, 7) is 1.95. The SMILES string of the molecule is COC1=Nc2cc(C)c(Cl)c(Cl)c2SC2CCCC12. The van der Waals surface area contributed by atoms with E-state index in [0.29, 0.717) is 21.2 Å². The molecule has 1 aliphatic heterocycles. The molecule has 0 spiro atoms. The van der Waals surface area contributed by atoms with Crippen molar-refractivity contribution in [2.45, 2.75) is 36.3 Å². The van der Waals surface area contributed by atoms with Crippen LogP contribution in [-0.2, 0) is 4.74 Å². The van der Waals surface area contributed by atoms with Crippen molar-refractivity contribution < 1.29 is 4.74 Å². The van der Waals surface area contributed by atoms with Gasteiger partial charge in [-0.2, -0.15) is 0 Å². The molecular weight excluding hydrogens is 301 g/mol. The molecule has 1 aromatic rings. The van der Waals surface area contributed by atoms with E-state index in [1.165, 1.54) is 12.8 Å². The van der Waals surface area contributed by atoms with Crippen LogP contribution in [0.2, 0.25) is 10.0 Å². The first kappa shape index (κ1) is 13.6. The molecule has 2 atom stereocenters. The number of ether oxygens (including phenoxy) is 1. The number of hydrogen-bond acceptors (Lipinski definition) is 3. The number of rotatable bonds is 0. The molecule has 1 heterocycles. The first-order valence-corrected chi connectivity index (χ1v) is 8.03.